The van der Waals surface area contributed by atoms with E-state index in [4.69, 9.17) is 0 Å². The minimum Gasteiger partial charge on any atom is -0.383 e. The number of hydrogen-bond acceptors (Lipinski definition) is 4. The zero-order valence-electron chi connectivity index (χ0n) is 9.42. The average molecular weight is 218 g/mol. The number of hydrogen-bond donors (Lipinski definition) is 0. The second-order valence-electron chi connectivity index (χ2n) is 3.87. The molecule has 1 fully saturated rings. The molecule has 1 aromatic rings. The molecule has 16 heavy (non-hydrogen) atoms. The average Bonchev–Trinajstić information content (AvgIpc) is 2.61. The number of nitrogens with zero attached hydrogens (tertiary/aromatic N) is 4. The molecular weight excluding hydrogens is 204 g/mol. The summed E-state index contributed by atoms with van der Waals surface area (Å²) < 4.78 is 0. The zero-order chi connectivity index (χ0) is 11.5. The largest absolute Gasteiger partial charge is 0.383 e. The van der Waals surface area contributed by atoms with Crippen LogP contribution < -0.4 is 4.90 Å². The van der Waals surface area contributed by atoms with Crippen molar-refractivity contribution in [2.75, 3.05) is 25.5 Å². The van der Waals surface area contributed by atoms with E-state index in [0.717, 1.165) is 12.0 Å². The summed E-state index contributed by atoms with van der Waals surface area (Å²) in [6.45, 7) is 0.655. The summed E-state index contributed by atoms with van der Waals surface area (Å²) in [6, 6.07) is 1.74. The number of aromatic nitrogens is 2. The van der Waals surface area contributed by atoms with Crippen molar-refractivity contribution in [2.24, 2.45) is 0 Å². The third-order valence-corrected chi connectivity index (χ3v) is 2.33. The molecule has 1 amide bonds. The Kier molecular flexibility index (Phi) is 2.85. The molecule has 0 unspecified atom stereocenters. The lowest BCUT2D eigenvalue weighted by molar-refractivity contribution is -0.114. The van der Waals surface area contributed by atoms with Crippen LogP contribution >= 0.6 is 0 Å². The summed E-state index contributed by atoms with van der Waals surface area (Å²) >= 11 is 0. The topological polar surface area (TPSA) is 49.3 Å². The van der Waals surface area contributed by atoms with Crippen LogP contribution in [-0.4, -0.2) is 41.4 Å². The molecule has 1 aromatic heterocycles. The highest BCUT2D eigenvalue weighted by atomic mass is 16.2. The van der Waals surface area contributed by atoms with Gasteiger partial charge in [0.15, 0.2) is 0 Å². The molecule has 1 aliphatic heterocycles. The maximum Gasteiger partial charge on any atom is 0.258 e. The van der Waals surface area contributed by atoms with E-state index in [1.54, 1.807) is 23.4 Å². The van der Waals surface area contributed by atoms with Crippen molar-refractivity contribution in [3.05, 3.63) is 30.2 Å². The van der Waals surface area contributed by atoms with Crippen molar-refractivity contribution in [3.8, 4) is 0 Å². The standard InChI is InChI=1S/C11H14N4O/c1-14(2)8-9-4-7-15(10(9)16)11-12-5-3-6-13-11/h3,5-6,8H,4,7H2,1-2H3/b9-8+. The molecule has 0 aromatic carbocycles. The summed E-state index contributed by atoms with van der Waals surface area (Å²) in [5.74, 6) is 0.481. The molecule has 0 N–H and O–H groups in total. The van der Waals surface area contributed by atoms with Crippen LogP contribution in [0.3, 0.4) is 0 Å². The maximum atomic E-state index is 12.0. The third-order valence-electron chi connectivity index (χ3n) is 2.33. The maximum absolute atomic E-state index is 12.0. The Morgan fingerprint density at radius 1 is 1.38 bits per heavy atom. The van der Waals surface area contributed by atoms with Gasteiger partial charge in [-0.05, 0) is 12.5 Å². The molecule has 1 aliphatic rings. The Bertz CT molecular complexity index is 413. The van der Waals surface area contributed by atoms with Gasteiger partial charge in [0, 0.05) is 44.8 Å². The number of amides is 1. The van der Waals surface area contributed by atoms with E-state index >= 15 is 0 Å². The van der Waals surface area contributed by atoms with Gasteiger partial charge in [-0.1, -0.05) is 0 Å². The minimum atomic E-state index is -0.0000926. The van der Waals surface area contributed by atoms with E-state index in [0.29, 0.717) is 12.5 Å². The summed E-state index contributed by atoms with van der Waals surface area (Å²) in [5.41, 5.74) is 0.803. The second kappa shape index (κ2) is 4.30. The summed E-state index contributed by atoms with van der Waals surface area (Å²) in [7, 11) is 3.81. The quantitative estimate of drug-likeness (QED) is 0.684. The van der Waals surface area contributed by atoms with Crippen LogP contribution in [-0.2, 0) is 4.79 Å². The first-order valence-electron chi connectivity index (χ1n) is 5.14. The van der Waals surface area contributed by atoms with E-state index in [2.05, 4.69) is 9.97 Å². The van der Waals surface area contributed by atoms with Crippen molar-refractivity contribution in [2.45, 2.75) is 6.42 Å². The molecule has 1 saturated heterocycles. The van der Waals surface area contributed by atoms with Crippen LogP contribution in [0.4, 0.5) is 5.95 Å². The van der Waals surface area contributed by atoms with Crippen LogP contribution in [0.2, 0.25) is 0 Å². The van der Waals surface area contributed by atoms with Gasteiger partial charge in [-0.2, -0.15) is 0 Å². The number of anilines is 1. The molecule has 2 rings (SSSR count). The molecule has 0 saturated carbocycles. The molecule has 5 nitrogen and oxygen atoms in total. The second-order valence-corrected chi connectivity index (χ2v) is 3.87. The van der Waals surface area contributed by atoms with Gasteiger partial charge in [-0.15, -0.1) is 0 Å². The van der Waals surface area contributed by atoms with Crippen LogP contribution in [0.5, 0.6) is 0 Å². The van der Waals surface area contributed by atoms with Crippen molar-refractivity contribution >= 4 is 11.9 Å². The van der Waals surface area contributed by atoms with E-state index in [1.807, 2.05) is 25.2 Å². The van der Waals surface area contributed by atoms with Crippen LogP contribution in [0, 0.1) is 0 Å². The fourth-order valence-corrected chi connectivity index (χ4v) is 1.67. The lowest BCUT2D eigenvalue weighted by Gasteiger charge is -2.12. The molecule has 0 atom stereocenters. The van der Waals surface area contributed by atoms with Gasteiger partial charge in [-0.25, -0.2) is 9.97 Å². The lowest BCUT2D eigenvalue weighted by atomic mass is 10.2. The number of carbonyl (C=O) groups is 1. The monoisotopic (exact) mass is 218 g/mol. The molecule has 0 bridgehead atoms. The predicted octanol–water partition coefficient (Wildman–Crippen LogP) is 0.659. The fourth-order valence-electron chi connectivity index (χ4n) is 1.67. The van der Waals surface area contributed by atoms with Gasteiger partial charge >= 0.3 is 0 Å². The van der Waals surface area contributed by atoms with E-state index in [1.165, 1.54) is 0 Å². The molecular formula is C11H14N4O. The van der Waals surface area contributed by atoms with Crippen molar-refractivity contribution in [1.82, 2.24) is 14.9 Å². The smallest absolute Gasteiger partial charge is 0.258 e. The Labute approximate surface area is 94.4 Å². The van der Waals surface area contributed by atoms with Gasteiger partial charge in [-0.3, -0.25) is 9.69 Å². The lowest BCUT2D eigenvalue weighted by Crippen LogP contribution is -2.26. The Hall–Kier alpha value is -1.91. The molecule has 5 heteroatoms. The van der Waals surface area contributed by atoms with Gasteiger partial charge in [0.1, 0.15) is 0 Å². The van der Waals surface area contributed by atoms with E-state index in [-0.39, 0.29) is 5.91 Å². The zero-order valence-corrected chi connectivity index (χ0v) is 9.42. The van der Waals surface area contributed by atoms with Crippen LogP contribution in [0.15, 0.2) is 30.2 Å². The molecule has 0 spiro atoms. The van der Waals surface area contributed by atoms with Gasteiger partial charge in [0.05, 0.1) is 0 Å². The highest BCUT2D eigenvalue weighted by Crippen LogP contribution is 2.21. The summed E-state index contributed by atoms with van der Waals surface area (Å²) in [5, 5.41) is 0. The normalized spacial score (nSPS) is 18.2. The first-order valence-corrected chi connectivity index (χ1v) is 5.14. The summed E-state index contributed by atoms with van der Waals surface area (Å²) in [6.07, 6.45) is 5.88. The highest BCUT2D eigenvalue weighted by molar-refractivity contribution is 6.06. The molecule has 84 valence electrons. The van der Waals surface area contributed by atoms with Gasteiger partial charge in [0.2, 0.25) is 5.95 Å². The minimum absolute atomic E-state index is 0.0000926. The fraction of sp³-hybridized carbons (Fsp3) is 0.364. The third kappa shape index (κ3) is 2.03. The number of carbonyl (C=O) groups excluding carboxylic acids is 1. The van der Waals surface area contributed by atoms with Gasteiger partial charge in [0.25, 0.3) is 5.91 Å². The Morgan fingerprint density at radius 3 is 2.69 bits per heavy atom. The molecule has 0 aliphatic carbocycles. The highest BCUT2D eigenvalue weighted by Gasteiger charge is 2.28. The van der Waals surface area contributed by atoms with Crippen molar-refractivity contribution in [3.63, 3.8) is 0 Å². The summed E-state index contributed by atoms with van der Waals surface area (Å²) in [4.78, 5) is 23.6. The number of rotatable bonds is 2. The first-order chi connectivity index (χ1) is 7.68. The SMILES string of the molecule is CN(C)/C=C1\CCN(c2ncccn2)C1=O. The Balaban J connectivity index is 2.20. The van der Waals surface area contributed by atoms with E-state index < -0.39 is 0 Å². The predicted molar refractivity (Wildman–Crippen MR) is 60.8 cm³/mol. The van der Waals surface area contributed by atoms with Gasteiger partial charge < -0.3 is 4.90 Å². The molecule has 2 heterocycles. The van der Waals surface area contributed by atoms with Crippen LogP contribution in [0.25, 0.3) is 0 Å². The van der Waals surface area contributed by atoms with Crippen molar-refractivity contribution in [1.29, 1.82) is 0 Å². The Morgan fingerprint density at radius 2 is 2.06 bits per heavy atom. The van der Waals surface area contributed by atoms with E-state index in [9.17, 15) is 4.79 Å². The van der Waals surface area contributed by atoms with Crippen LogP contribution in [0.1, 0.15) is 6.42 Å². The van der Waals surface area contributed by atoms with Crippen molar-refractivity contribution < 1.29 is 4.79 Å². The molecule has 0 radical (unpaired) electrons. The first kappa shape index (κ1) is 10.6.